The molecule has 0 spiro atoms. The lowest BCUT2D eigenvalue weighted by molar-refractivity contribution is 0.0177. The zero-order chi connectivity index (χ0) is 13.9. The van der Waals surface area contributed by atoms with Gasteiger partial charge in [0.2, 0.25) is 0 Å². The minimum Gasteiger partial charge on any atom is -0.399 e. The SMILES string of the molecule is CC(c1cccc(N)c1)N1CCC(N2CCOCC2)C1. The molecule has 4 nitrogen and oxygen atoms in total. The molecule has 2 aliphatic heterocycles. The van der Waals surface area contributed by atoms with Gasteiger partial charge in [0.1, 0.15) is 0 Å². The van der Waals surface area contributed by atoms with E-state index in [4.69, 9.17) is 10.5 Å². The van der Waals surface area contributed by atoms with Crippen molar-refractivity contribution in [3.05, 3.63) is 29.8 Å². The molecule has 2 aliphatic rings. The van der Waals surface area contributed by atoms with E-state index in [0.29, 0.717) is 12.1 Å². The Hall–Kier alpha value is -1.10. The monoisotopic (exact) mass is 275 g/mol. The van der Waals surface area contributed by atoms with E-state index < -0.39 is 0 Å². The Morgan fingerprint density at radius 3 is 2.80 bits per heavy atom. The molecule has 2 N–H and O–H groups in total. The first kappa shape index (κ1) is 13.9. The number of rotatable bonds is 3. The summed E-state index contributed by atoms with van der Waals surface area (Å²) in [6.45, 7) is 8.59. The predicted molar refractivity (Wildman–Crippen MR) is 81.6 cm³/mol. The molecule has 3 rings (SSSR count). The van der Waals surface area contributed by atoms with Crippen LogP contribution in [0, 0.1) is 0 Å². The second-order valence-electron chi connectivity index (χ2n) is 5.93. The van der Waals surface area contributed by atoms with Crippen molar-refractivity contribution in [3.8, 4) is 0 Å². The van der Waals surface area contributed by atoms with E-state index in [1.54, 1.807) is 0 Å². The number of likely N-dealkylation sites (tertiary alicyclic amines) is 1. The van der Waals surface area contributed by atoms with Gasteiger partial charge in [0.05, 0.1) is 13.2 Å². The molecule has 0 radical (unpaired) electrons. The van der Waals surface area contributed by atoms with Gasteiger partial charge in [0.25, 0.3) is 0 Å². The molecule has 1 aromatic carbocycles. The number of hydrogen-bond donors (Lipinski definition) is 1. The Morgan fingerprint density at radius 2 is 2.05 bits per heavy atom. The van der Waals surface area contributed by atoms with Crippen molar-refractivity contribution in [3.63, 3.8) is 0 Å². The molecular weight excluding hydrogens is 250 g/mol. The minimum atomic E-state index is 0.449. The summed E-state index contributed by atoms with van der Waals surface area (Å²) < 4.78 is 5.45. The average Bonchev–Trinajstić information content (AvgIpc) is 2.97. The molecule has 0 aromatic heterocycles. The average molecular weight is 275 g/mol. The Labute approximate surface area is 121 Å². The number of anilines is 1. The molecule has 2 unspecified atom stereocenters. The Balaban J connectivity index is 1.61. The van der Waals surface area contributed by atoms with Gasteiger partial charge in [-0.2, -0.15) is 0 Å². The zero-order valence-electron chi connectivity index (χ0n) is 12.3. The van der Waals surface area contributed by atoms with Crippen molar-refractivity contribution in [1.82, 2.24) is 9.80 Å². The Bertz CT molecular complexity index is 445. The summed E-state index contributed by atoms with van der Waals surface area (Å²) in [6, 6.07) is 9.44. The molecule has 0 bridgehead atoms. The number of benzene rings is 1. The highest BCUT2D eigenvalue weighted by Crippen LogP contribution is 2.27. The molecule has 20 heavy (non-hydrogen) atoms. The first-order valence-corrected chi connectivity index (χ1v) is 7.65. The van der Waals surface area contributed by atoms with Crippen LogP contribution >= 0.6 is 0 Å². The molecule has 2 saturated heterocycles. The topological polar surface area (TPSA) is 41.7 Å². The van der Waals surface area contributed by atoms with Gasteiger partial charge >= 0.3 is 0 Å². The molecular formula is C16H25N3O. The van der Waals surface area contributed by atoms with Crippen LogP contribution in [0.15, 0.2) is 24.3 Å². The van der Waals surface area contributed by atoms with E-state index in [9.17, 15) is 0 Å². The van der Waals surface area contributed by atoms with E-state index in [-0.39, 0.29) is 0 Å². The number of nitrogens with zero attached hydrogens (tertiary/aromatic N) is 2. The smallest absolute Gasteiger partial charge is 0.0594 e. The molecule has 110 valence electrons. The summed E-state index contributed by atoms with van der Waals surface area (Å²) in [6.07, 6.45) is 1.27. The summed E-state index contributed by atoms with van der Waals surface area (Å²) >= 11 is 0. The minimum absolute atomic E-state index is 0.449. The maximum Gasteiger partial charge on any atom is 0.0594 e. The van der Waals surface area contributed by atoms with E-state index in [1.165, 1.54) is 18.5 Å². The van der Waals surface area contributed by atoms with Gasteiger partial charge < -0.3 is 10.5 Å². The third kappa shape index (κ3) is 2.97. The number of ether oxygens (including phenoxy) is 1. The van der Waals surface area contributed by atoms with Crippen molar-refractivity contribution in [2.24, 2.45) is 0 Å². The van der Waals surface area contributed by atoms with E-state index in [2.05, 4.69) is 34.9 Å². The summed E-state index contributed by atoms with van der Waals surface area (Å²) in [5, 5.41) is 0. The highest BCUT2D eigenvalue weighted by molar-refractivity contribution is 5.41. The lowest BCUT2D eigenvalue weighted by Gasteiger charge is -2.33. The van der Waals surface area contributed by atoms with Crippen LogP contribution in [-0.2, 0) is 4.74 Å². The van der Waals surface area contributed by atoms with Gasteiger partial charge in [-0.3, -0.25) is 9.80 Å². The van der Waals surface area contributed by atoms with E-state index in [0.717, 1.165) is 38.5 Å². The van der Waals surface area contributed by atoms with Crippen LogP contribution in [-0.4, -0.2) is 55.2 Å². The lowest BCUT2D eigenvalue weighted by atomic mass is 10.1. The molecule has 2 heterocycles. The second-order valence-corrected chi connectivity index (χ2v) is 5.93. The highest BCUT2D eigenvalue weighted by atomic mass is 16.5. The van der Waals surface area contributed by atoms with Gasteiger partial charge in [0, 0.05) is 44.0 Å². The zero-order valence-corrected chi connectivity index (χ0v) is 12.3. The van der Waals surface area contributed by atoms with Crippen LogP contribution in [0.1, 0.15) is 24.9 Å². The highest BCUT2D eigenvalue weighted by Gasteiger charge is 2.31. The molecule has 4 heteroatoms. The quantitative estimate of drug-likeness (QED) is 0.853. The maximum atomic E-state index is 5.90. The molecule has 1 aromatic rings. The van der Waals surface area contributed by atoms with Gasteiger partial charge in [-0.05, 0) is 31.0 Å². The fourth-order valence-electron chi connectivity index (χ4n) is 3.39. The van der Waals surface area contributed by atoms with Gasteiger partial charge in [-0.1, -0.05) is 12.1 Å². The standard InChI is InChI=1S/C16H25N3O/c1-13(14-3-2-4-15(17)11-14)19-6-5-16(12-19)18-7-9-20-10-8-18/h2-4,11,13,16H,5-10,12,17H2,1H3. The van der Waals surface area contributed by atoms with Gasteiger partial charge in [-0.25, -0.2) is 0 Å². The normalized spacial score (nSPS) is 26.8. The fourth-order valence-corrected chi connectivity index (χ4v) is 3.39. The van der Waals surface area contributed by atoms with Crippen LogP contribution < -0.4 is 5.73 Å². The van der Waals surface area contributed by atoms with Crippen molar-refractivity contribution in [2.75, 3.05) is 45.1 Å². The summed E-state index contributed by atoms with van der Waals surface area (Å²) in [5.74, 6) is 0. The number of hydrogen-bond acceptors (Lipinski definition) is 4. The third-order valence-corrected chi connectivity index (χ3v) is 4.70. The van der Waals surface area contributed by atoms with Crippen molar-refractivity contribution >= 4 is 5.69 Å². The van der Waals surface area contributed by atoms with Crippen LogP contribution in [0.4, 0.5) is 5.69 Å². The fraction of sp³-hybridized carbons (Fsp3) is 0.625. The van der Waals surface area contributed by atoms with Crippen LogP contribution in [0.5, 0.6) is 0 Å². The number of morpholine rings is 1. The van der Waals surface area contributed by atoms with Crippen LogP contribution in [0.25, 0.3) is 0 Å². The van der Waals surface area contributed by atoms with Crippen LogP contribution in [0.2, 0.25) is 0 Å². The Kier molecular flexibility index (Phi) is 4.24. The first-order valence-electron chi connectivity index (χ1n) is 7.65. The summed E-state index contributed by atoms with van der Waals surface area (Å²) in [7, 11) is 0. The third-order valence-electron chi connectivity index (χ3n) is 4.70. The molecule has 0 amide bonds. The molecule has 2 fully saturated rings. The predicted octanol–water partition coefficient (Wildman–Crippen LogP) is 1.74. The van der Waals surface area contributed by atoms with Crippen LogP contribution in [0.3, 0.4) is 0 Å². The molecule has 2 atom stereocenters. The van der Waals surface area contributed by atoms with E-state index >= 15 is 0 Å². The van der Waals surface area contributed by atoms with Crippen molar-refractivity contribution < 1.29 is 4.74 Å². The van der Waals surface area contributed by atoms with Crippen molar-refractivity contribution in [1.29, 1.82) is 0 Å². The molecule has 0 aliphatic carbocycles. The first-order chi connectivity index (χ1) is 9.74. The second kappa shape index (κ2) is 6.12. The largest absolute Gasteiger partial charge is 0.399 e. The van der Waals surface area contributed by atoms with E-state index in [1.807, 2.05) is 6.07 Å². The number of nitrogen functional groups attached to an aromatic ring is 1. The van der Waals surface area contributed by atoms with Gasteiger partial charge in [0.15, 0.2) is 0 Å². The lowest BCUT2D eigenvalue weighted by Crippen LogP contribution is -2.44. The Morgan fingerprint density at radius 1 is 1.25 bits per heavy atom. The number of nitrogens with two attached hydrogens (primary N) is 1. The van der Waals surface area contributed by atoms with Crippen molar-refractivity contribution in [2.45, 2.75) is 25.4 Å². The summed E-state index contributed by atoms with van der Waals surface area (Å²) in [5.41, 5.74) is 8.08. The summed E-state index contributed by atoms with van der Waals surface area (Å²) in [4.78, 5) is 5.17. The van der Waals surface area contributed by atoms with Gasteiger partial charge in [-0.15, -0.1) is 0 Å². The maximum absolute atomic E-state index is 5.90. The molecule has 0 saturated carbocycles.